The monoisotopic (exact) mass is 490 g/mol. The van der Waals surface area contributed by atoms with Gasteiger partial charge in [0, 0.05) is 53.0 Å². The van der Waals surface area contributed by atoms with Crippen molar-refractivity contribution in [3.63, 3.8) is 0 Å². The molecule has 1 aromatic carbocycles. The smallest absolute Gasteiger partial charge is 0.191 e. The van der Waals surface area contributed by atoms with Gasteiger partial charge in [0.25, 0.3) is 0 Å². The van der Waals surface area contributed by atoms with Crippen LogP contribution in [0.4, 0.5) is 0 Å². The highest BCUT2D eigenvalue weighted by molar-refractivity contribution is 14.0. The number of benzene rings is 1. The van der Waals surface area contributed by atoms with Crippen molar-refractivity contribution in [3.8, 4) is 0 Å². The molecule has 0 aliphatic carbocycles. The Labute approximate surface area is 181 Å². The van der Waals surface area contributed by atoms with Gasteiger partial charge in [0.05, 0.1) is 13.2 Å². The van der Waals surface area contributed by atoms with Gasteiger partial charge in [0.1, 0.15) is 0 Å². The van der Waals surface area contributed by atoms with Crippen LogP contribution in [-0.2, 0) is 22.6 Å². The second-order valence-corrected chi connectivity index (χ2v) is 6.46. The number of morpholine rings is 1. The number of guanidine groups is 1. The molecule has 0 amide bonds. The molecule has 1 fully saturated rings. The number of nitrogens with one attached hydrogen (secondary N) is 2. The summed E-state index contributed by atoms with van der Waals surface area (Å²) >= 11 is 0. The molecule has 0 aromatic heterocycles. The summed E-state index contributed by atoms with van der Waals surface area (Å²) in [5.41, 5.74) is 2.61. The van der Waals surface area contributed by atoms with Crippen LogP contribution in [0.25, 0.3) is 0 Å². The highest BCUT2D eigenvalue weighted by atomic mass is 127. The fraction of sp³-hybridized carbons (Fsp3) is 0.650. The number of nitrogens with zero attached hydrogens (tertiary/aromatic N) is 2. The third-order valence-electron chi connectivity index (χ3n) is 4.43. The molecular weight excluding hydrogens is 455 g/mol. The highest BCUT2D eigenvalue weighted by Crippen LogP contribution is 2.09. The van der Waals surface area contributed by atoms with Crippen molar-refractivity contribution in [2.75, 3.05) is 53.1 Å². The molecule has 1 aliphatic heterocycles. The van der Waals surface area contributed by atoms with Crippen molar-refractivity contribution in [1.29, 1.82) is 0 Å². The lowest BCUT2D eigenvalue weighted by atomic mass is 10.1. The van der Waals surface area contributed by atoms with Gasteiger partial charge in [-0.15, -0.1) is 24.0 Å². The number of aliphatic imine (C=N–C) groups is 1. The Bertz CT molecular complexity index is 519. The summed E-state index contributed by atoms with van der Waals surface area (Å²) in [5, 5.41) is 6.72. The van der Waals surface area contributed by atoms with Crippen molar-refractivity contribution in [1.82, 2.24) is 15.5 Å². The molecule has 0 atom stereocenters. The maximum atomic E-state index is 5.40. The van der Waals surface area contributed by atoms with Crippen molar-refractivity contribution in [2.24, 2.45) is 4.99 Å². The Hall–Kier alpha value is -0.900. The predicted octanol–water partition coefficient (Wildman–Crippen LogP) is 2.62. The summed E-state index contributed by atoms with van der Waals surface area (Å²) in [6.07, 6.45) is 2.15. The van der Waals surface area contributed by atoms with Crippen LogP contribution in [0, 0.1) is 0 Å². The van der Waals surface area contributed by atoms with Crippen LogP contribution in [0.5, 0.6) is 0 Å². The lowest BCUT2D eigenvalue weighted by molar-refractivity contribution is 0.0342. The molecule has 6 nitrogen and oxygen atoms in total. The Balaban J connectivity index is 0.00000364. The predicted molar refractivity (Wildman–Crippen MR) is 122 cm³/mol. The molecule has 0 radical (unpaired) electrons. The molecule has 1 saturated heterocycles. The highest BCUT2D eigenvalue weighted by Gasteiger charge is 2.10. The maximum Gasteiger partial charge on any atom is 0.191 e. The Morgan fingerprint density at radius 1 is 1.11 bits per heavy atom. The Morgan fingerprint density at radius 2 is 1.81 bits per heavy atom. The second kappa shape index (κ2) is 15.1. The quantitative estimate of drug-likeness (QED) is 0.229. The van der Waals surface area contributed by atoms with Crippen molar-refractivity contribution in [2.45, 2.75) is 32.9 Å². The lowest BCUT2D eigenvalue weighted by Gasteiger charge is -2.26. The van der Waals surface area contributed by atoms with Crippen LogP contribution in [0.3, 0.4) is 0 Å². The SMILES string of the molecule is CCOCCCCNC(=NC)NCc1ccc(CN2CCOCC2)cc1.I. The summed E-state index contributed by atoms with van der Waals surface area (Å²) in [4.78, 5) is 6.72. The summed E-state index contributed by atoms with van der Waals surface area (Å²) in [6, 6.07) is 8.82. The van der Waals surface area contributed by atoms with E-state index in [1.165, 1.54) is 11.1 Å². The summed E-state index contributed by atoms with van der Waals surface area (Å²) in [5.74, 6) is 0.846. The lowest BCUT2D eigenvalue weighted by Crippen LogP contribution is -2.37. The zero-order valence-electron chi connectivity index (χ0n) is 16.7. The molecule has 1 aliphatic rings. The first-order valence-corrected chi connectivity index (χ1v) is 9.72. The zero-order valence-corrected chi connectivity index (χ0v) is 19.0. The second-order valence-electron chi connectivity index (χ2n) is 6.46. The van der Waals surface area contributed by atoms with E-state index in [4.69, 9.17) is 9.47 Å². The van der Waals surface area contributed by atoms with E-state index in [1.807, 2.05) is 6.92 Å². The largest absolute Gasteiger partial charge is 0.382 e. The summed E-state index contributed by atoms with van der Waals surface area (Å²) < 4.78 is 10.7. The van der Waals surface area contributed by atoms with E-state index in [-0.39, 0.29) is 24.0 Å². The van der Waals surface area contributed by atoms with E-state index in [9.17, 15) is 0 Å². The van der Waals surface area contributed by atoms with E-state index in [1.54, 1.807) is 7.05 Å². The minimum absolute atomic E-state index is 0. The van der Waals surface area contributed by atoms with Gasteiger partial charge < -0.3 is 20.1 Å². The van der Waals surface area contributed by atoms with E-state index in [0.29, 0.717) is 0 Å². The summed E-state index contributed by atoms with van der Waals surface area (Å²) in [6.45, 7) is 10.1. The van der Waals surface area contributed by atoms with Gasteiger partial charge in [0.15, 0.2) is 5.96 Å². The third kappa shape index (κ3) is 10.3. The van der Waals surface area contributed by atoms with E-state index < -0.39 is 0 Å². The number of rotatable bonds is 10. The minimum atomic E-state index is 0. The van der Waals surface area contributed by atoms with E-state index >= 15 is 0 Å². The average molecular weight is 490 g/mol. The van der Waals surface area contributed by atoms with Gasteiger partial charge in [-0.25, -0.2) is 0 Å². The number of ether oxygens (including phenoxy) is 2. The van der Waals surface area contributed by atoms with Gasteiger partial charge in [-0.05, 0) is 30.9 Å². The first-order chi connectivity index (χ1) is 12.8. The van der Waals surface area contributed by atoms with Crippen LogP contribution < -0.4 is 10.6 Å². The molecule has 1 aromatic rings. The first-order valence-electron chi connectivity index (χ1n) is 9.72. The Kier molecular flexibility index (Phi) is 13.5. The fourth-order valence-electron chi connectivity index (χ4n) is 2.87. The standard InChI is InChI=1S/C20H34N4O2.HI/c1-3-25-13-5-4-10-22-20(21-2)23-16-18-6-8-19(9-7-18)17-24-11-14-26-15-12-24;/h6-9H,3-5,10-17H2,1-2H3,(H2,21,22,23);1H. The fourth-order valence-corrected chi connectivity index (χ4v) is 2.87. The molecule has 2 N–H and O–H groups in total. The van der Waals surface area contributed by atoms with Crippen LogP contribution in [0.1, 0.15) is 30.9 Å². The summed E-state index contributed by atoms with van der Waals surface area (Å²) in [7, 11) is 1.81. The van der Waals surface area contributed by atoms with E-state index in [0.717, 1.165) is 78.0 Å². The topological polar surface area (TPSA) is 58.1 Å². The van der Waals surface area contributed by atoms with Crippen molar-refractivity contribution >= 4 is 29.9 Å². The number of halogens is 1. The third-order valence-corrected chi connectivity index (χ3v) is 4.43. The molecule has 154 valence electrons. The van der Waals surface area contributed by atoms with Gasteiger partial charge in [0.2, 0.25) is 0 Å². The molecule has 0 unspecified atom stereocenters. The molecule has 27 heavy (non-hydrogen) atoms. The molecule has 0 spiro atoms. The molecule has 7 heteroatoms. The first kappa shape index (κ1) is 24.1. The average Bonchev–Trinajstić information content (AvgIpc) is 2.69. The van der Waals surface area contributed by atoms with E-state index in [2.05, 4.69) is 44.8 Å². The van der Waals surface area contributed by atoms with Gasteiger partial charge >= 0.3 is 0 Å². The van der Waals surface area contributed by atoms with Crippen LogP contribution in [-0.4, -0.2) is 64.0 Å². The van der Waals surface area contributed by atoms with Crippen molar-refractivity contribution in [3.05, 3.63) is 35.4 Å². The minimum Gasteiger partial charge on any atom is -0.382 e. The van der Waals surface area contributed by atoms with Crippen molar-refractivity contribution < 1.29 is 9.47 Å². The van der Waals surface area contributed by atoms with Gasteiger partial charge in [-0.3, -0.25) is 9.89 Å². The molecule has 0 saturated carbocycles. The maximum absolute atomic E-state index is 5.40. The van der Waals surface area contributed by atoms with Gasteiger partial charge in [-0.1, -0.05) is 24.3 Å². The van der Waals surface area contributed by atoms with Gasteiger partial charge in [-0.2, -0.15) is 0 Å². The zero-order chi connectivity index (χ0) is 18.5. The number of hydrogen-bond donors (Lipinski definition) is 2. The molecular formula is C20H35IN4O2. The molecule has 0 bridgehead atoms. The van der Waals surface area contributed by atoms with Crippen LogP contribution in [0.2, 0.25) is 0 Å². The molecule has 1 heterocycles. The van der Waals surface area contributed by atoms with Crippen LogP contribution >= 0.6 is 24.0 Å². The Morgan fingerprint density at radius 3 is 2.48 bits per heavy atom. The molecule has 2 rings (SSSR count). The normalized spacial score (nSPS) is 15.3. The number of hydrogen-bond acceptors (Lipinski definition) is 4. The van der Waals surface area contributed by atoms with Crippen LogP contribution in [0.15, 0.2) is 29.3 Å². The number of unbranched alkanes of at least 4 members (excludes halogenated alkanes) is 1.